The number of nitrogens with one attached hydrogen (secondary N) is 1. The minimum absolute atomic E-state index is 0.113. The third kappa shape index (κ3) is 6.68. The van der Waals surface area contributed by atoms with Crippen molar-refractivity contribution >= 4 is 29.1 Å². The van der Waals surface area contributed by atoms with Crippen LogP contribution in [-0.2, 0) is 11.2 Å². The van der Waals surface area contributed by atoms with Gasteiger partial charge < -0.3 is 10.2 Å². The van der Waals surface area contributed by atoms with E-state index in [1.54, 1.807) is 6.07 Å². The molecule has 1 saturated heterocycles. The van der Waals surface area contributed by atoms with E-state index in [2.05, 4.69) is 15.1 Å². The molecule has 0 spiro atoms. The average Bonchev–Trinajstić information content (AvgIpc) is 2.44. The number of amides is 1. The van der Waals surface area contributed by atoms with Gasteiger partial charge in [0, 0.05) is 48.8 Å². The van der Waals surface area contributed by atoms with Gasteiger partial charge in [0.1, 0.15) is 0 Å². The first-order chi connectivity index (χ1) is 10.9. The highest BCUT2D eigenvalue weighted by molar-refractivity contribution is 6.34. The van der Waals surface area contributed by atoms with Crippen molar-refractivity contribution in [2.24, 2.45) is 0 Å². The van der Waals surface area contributed by atoms with Crippen molar-refractivity contribution in [3.05, 3.63) is 33.8 Å². The quantitative estimate of drug-likeness (QED) is 0.849. The highest BCUT2D eigenvalue weighted by atomic mass is 35.5. The Morgan fingerprint density at radius 3 is 2.22 bits per heavy atom. The average molecular weight is 358 g/mol. The van der Waals surface area contributed by atoms with E-state index in [4.69, 9.17) is 23.2 Å². The lowest BCUT2D eigenvalue weighted by Gasteiger charge is -2.34. The zero-order chi connectivity index (χ0) is 16.8. The van der Waals surface area contributed by atoms with Crippen LogP contribution in [0.3, 0.4) is 0 Å². The SMILES string of the molecule is CC(C)NC(=O)CN1CCN(CCc2cc(Cl)cc(Cl)c2)CC1. The van der Waals surface area contributed by atoms with Gasteiger partial charge in [-0.2, -0.15) is 0 Å². The van der Waals surface area contributed by atoms with Crippen LogP contribution in [0.4, 0.5) is 0 Å². The van der Waals surface area contributed by atoms with Gasteiger partial charge in [-0.05, 0) is 44.0 Å². The molecule has 1 aliphatic heterocycles. The van der Waals surface area contributed by atoms with E-state index in [1.807, 2.05) is 26.0 Å². The van der Waals surface area contributed by atoms with Crippen molar-refractivity contribution in [1.82, 2.24) is 15.1 Å². The molecule has 1 fully saturated rings. The Balaban J connectivity index is 1.71. The molecular weight excluding hydrogens is 333 g/mol. The van der Waals surface area contributed by atoms with E-state index < -0.39 is 0 Å². The molecule has 23 heavy (non-hydrogen) atoms. The second-order valence-corrected chi connectivity index (χ2v) is 7.24. The van der Waals surface area contributed by atoms with Crippen LogP contribution in [0.5, 0.6) is 0 Å². The molecule has 1 aromatic carbocycles. The largest absolute Gasteiger partial charge is 0.353 e. The van der Waals surface area contributed by atoms with E-state index in [-0.39, 0.29) is 11.9 Å². The molecule has 2 rings (SSSR count). The van der Waals surface area contributed by atoms with E-state index in [0.29, 0.717) is 16.6 Å². The van der Waals surface area contributed by atoms with Gasteiger partial charge in [-0.3, -0.25) is 9.69 Å². The van der Waals surface area contributed by atoms with Gasteiger partial charge in [0.15, 0.2) is 0 Å². The van der Waals surface area contributed by atoms with Gasteiger partial charge in [-0.25, -0.2) is 0 Å². The fraction of sp³-hybridized carbons (Fsp3) is 0.588. The van der Waals surface area contributed by atoms with Crippen LogP contribution in [0.2, 0.25) is 10.0 Å². The summed E-state index contributed by atoms with van der Waals surface area (Å²) < 4.78 is 0. The summed E-state index contributed by atoms with van der Waals surface area (Å²) in [7, 11) is 0. The molecule has 0 radical (unpaired) electrons. The van der Waals surface area contributed by atoms with Crippen molar-refractivity contribution in [3.8, 4) is 0 Å². The van der Waals surface area contributed by atoms with Crippen LogP contribution in [0.25, 0.3) is 0 Å². The standard InChI is InChI=1S/C17H25Cl2N3O/c1-13(2)20-17(23)12-22-7-5-21(6-8-22)4-3-14-9-15(18)11-16(19)10-14/h9-11,13H,3-8,12H2,1-2H3,(H,20,23). The third-order valence-electron chi connectivity index (χ3n) is 3.92. The van der Waals surface area contributed by atoms with Gasteiger partial charge in [-0.1, -0.05) is 23.2 Å². The highest BCUT2D eigenvalue weighted by Gasteiger charge is 2.18. The number of hydrogen-bond acceptors (Lipinski definition) is 3. The van der Waals surface area contributed by atoms with Crippen LogP contribution >= 0.6 is 23.2 Å². The second-order valence-electron chi connectivity index (χ2n) is 6.37. The van der Waals surface area contributed by atoms with Crippen molar-refractivity contribution in [1.29, 1.82) is 0 Å². The smallest absolute Gasteiger partial charge is 0.234 e. The number of nitrogens with zero attached hydrogens (tertiary/aromatic N) is 2. The third-order valence-corrected chi connectivity index (χ3v) is 4.36. The first-order valence-corrected chi connectivity index (χ1v) is 8.87. The molecule has 0 atom stereocenters. The van der Waals surface area contributed by atoms with Gasteiger partial charge in [0.05, 0.1) is 6.54 Å². The van der Waals surface area contributed by atoms with Crippen LogP contribution in [0, 0.1) is 0 Å². The summed E-state index contributed by atoms with van der Waals surface area (Å²) in [5, 5.41) is 4.32. The Morgan fingerprint density at radius 1 is 1.09 bits per heavy atom. The maximum Gasteiger partial charge on any atom is 0.234 e. The fourth-order valence-corrected chi connectivity index (χ4v) is 3.36. The predicted octanol–water partition coefficient (Wildman–Crippen LogP) is 2.68. The monoisotopic (exact) mass is 357 g/mol. The summed E-state index contributed by atoms with van der Waals surface area (Å²) in [6.45, 7) is 9.30. The molecule has 1 aliphatic rings. The lowest BCUT2D eigenvalue weighted by Crippen LogP contribution is -2.50. The molecule has 4 nitrogen and oxygen atoms in total. The second kappa shape index (κ2) is 8.88. The molecule has 1 aromatic rings. The first-order valence-electron chi connectivity index (χ1n) is 8.11. The molecule has 6 heteroatoms. The summed E-state index contributed by atoms with van der Waals surface area (Å²) in [6, 6.07) is 5.90. The minimum Gasteiger partial charge on any atom is -0.353 e. The molecule has 0 aromatic heterocycles. The van der Waals surface area contributed by atoms with Gasteiger partial charge >= 0.3 is 0 Å². The van der Waals surface area contributed by atoms with Crippen LogP contribution in [0.1, 0.15) is 19.4 Å². The van der Waals surface area contributed by atoms with Crippen LogP contribution in [0.15, 0.2) is 18.2 Å². The lowest BCUT2D eigenvalue weighted by molar-refractivity contribution is -0.123. The Kier molecular flexibility index (Phi) is 7.15. The highest BCUT2D eigenvalue weighted by Crippen LogP contribution is 2.19. The molecule has 1 N–H and O–H groups in total. The summed E-state index contributed by atoms with van der Waals surface area (Å²) in [5.74, 6) is 0.113. The maximum absolute atomic E-state index is 11.8. The number of benzene rings is 1. The number of halogens is 2. The Hall–Kier alpha value is -0.810. The first kappa shape index (κ1) is 18.5. The molecule has 0 unspecified atom stereocenters. The number of carbonyl (C=O) groups is 1. The zero-order valence-electron chi connectivity index (χ0n) is 13.8. The molecule has 1 amide bonds. The number of hydrogen-bond donors (Lipinski definition) is 1. The Labute approximate surface area is 148 Å². The molecule has 0 aliphatic carbocycles. The van der Waals surface area contributed by atoms with E-state index in [1.165, 1.54) is 5.56 Å². The minimum atomic E-state index is 0.113. The summed E-state index contributed by atoms with van der Waals surface area (Å²) >= 11 is 12.1. The Morgan fingerprint density at radius 2 is 1.65 bits per heavy atom. The van der Waals surface area contributed by atoms with Crippen molar-refractivity contribution in [2.75, 3.05) is 39.3 Å². The van der Waals surface area contributed by atoms with Gasteiger partial charge in [-0.15, -0.1) is 0 Å². The lowest BCUT2D eigenvalue weighted by atomic mass is 10.1. The number of rotatable bonds is 6. The molecular formula is C17H25Cl2N3O. The maximum atomic E-state index is 11.8. The Bertz CT molecular complexity index is 508. The number of piperazine rings is 1. The van der Waals surface area contributed by atoms with Gasteiger partial charge in [0.25, 0.3) is 0 Å². The summed E-state index contributed by atoms with van der Waals surface area (Å²) in [6.07, 6.45) is 0.939. The van der Waals surface area contributed by atoms with Gasteiger partial charge in [0.2, 0.25) is 5.91 Å². The van der Waals surface area contributed by atoms with Crippen LogP contribution in [-0.4, -0.2) is 61.0 Å². The topological polar surface area (TPSA) is 35.6 Å². The van der Waals surface area contributed by atoms with Crippen molar-refractivity contribution < 1.29 is 4.79 Å². The summed E-state index contributed by atoms with van der Waals surface area (Å²) in [4.78, 5) is 16.4. The van der Waals surface area contributed by atoms with Crippen molar-refractivity contribution in [2.45, 2.75) is 26.3 Å². The van der Waals surface area contributed by atoms with E-state index in [9.17, 15) is 4.79 Å². The molecule has 0 bridgehead atoms. The fourth-order valence-electron chi connectivity index (χ4n) is 2.78. The van der Waals surface area contributed by atoms with E-state index in [0.717, 1.165) is 39.1 Å². The predicted molar refractivity (Wildman–Crippen MR) is 96.3 cm³/mol. The molecule has 0 saturated carbocycles. The zero-order valence-corrected chi connectivity index (χ0v) is 15.3. The normalized spacial score (nSPS) is 16.7. The summed E-state index contributed by atoms with van der Waals surface area (Å²) in [5.41, 5.74) is 1.17. The molecule has 1 heterocycles. The van der Waals surface area contributed by atoms with E-state index >= 15 is 0 Å². The van der Waals surface area contributed by atoms with Crippen molar-refractivity contribution in [3.63, 3.8) is 0 Å². The molecule has 128 valence electrons. The number of carbonyl (C=O) groups excluding carboxylic acids is 1. The van der Waals surface area contributed by atoms with Crippen LogP contribution < -0.4 is 5.32 Å².